The second-order valence-corrected chi connectivity index (χ2v) is 5.96. The summed E-state index contributed by atoms with van der Waals surface area (Å²) in [6, 6.07) is 0. The van der Waals surface area contributed by atoms with Crippen molar-refractivity contribution in [2.24, 2.45) is 5.92 Å². The molecule has 1 aliphatic rings. The molecular weight excluding hydrogens is 320 g/mol. The highest BCUT2D eigenvalue weighted by molar-refractivity contribution is 9.10. The van der Waals surface area contributed by atoms with Crippen molar-refractivity contribution in [3.8, 4) is 12.3 Å². The molecule has 0 aliphatic carbocycles. The van der Waals surface area contributed by atoms with Crippen LogP contribution in [-0.4, -0.2) is 41.4 Å². The van der Waals surface area contributed by atoms with Crippen LogP contribution in [0, 0.1) is 18.3 Å². The Bertz CT molecular complexity index is 555. The second-order valence-electron chi connectivity index (χ2n) is 5.17. The third kappa shape index (κ3) is 3.62. The number of hydrogen-bond acceptors (Lipinski definition) is 4. The Balaban J connectivity index is 1.98. The lowest BCUT2D eigenvalue weighted by molar-refractivity contribution is 0.226. The fraction of sp³-hybridized carbons (Fsp3) is 0.571. The van der Waals surface area contributed by atoms with E-state index in [4.69, 9.17) is 6.42 Å². The Kier molecular flexibility index (Phi) is 5.21. The number of nitrogens with zero attached hydrogens (tertiary/aromatic N) is 3. The molecule has 1 fully saturated rings. The van der Waals surface area contributed by atoms with Crippen molar-refractivity contribution in [2.45, 2.75) is 19.4 Å². The third-order valence-electron chi connectivity index (χ3n) is 3.65. The van der Waals surface area contributed by atoms with Crippen molar-refractivity contribution in [3.05, 3.63) is 21.0 Å². The number of piperidine rings is 1. The molecule has 0 aromatic carbocycles. The summed E-state index contributed by atoms with van der Waals surface area (Å²) < 4.78 is 1.76. The highest BCUT2D eigenvalue weighted by Crippen LogP contribution is 2.20. The summed E-state index contributed by atoms with van der Waals surface area (Å²) in [5.74, 6) is 3.06. The van der Waals surface area contributed by atoms with E-state index in [0.717, 1.165) is 25.3 Å². The monoisotopic (exact) mass is 338 g/mol. The SMILES string of the molecule is C#CCn1ncc(NCC2CCN(C)CC2)c(Br)c1=O. The van der Waals surface area contributed by atoms with Crippen LogP contribution in [-0.2, 0) is 6.54 Å². The van der Waals surface area contributed by atoms with E-state index in [2.05, 4.69) is 44.2 Å². The van der Waals surface area contributed by atoms with E-state index in [0.29, 0.717) is 10.4 Å². The molecule has 0 bridgehead atoms. The van der Waals surface area contributed by atoms with E-state index in [1.165, 1.54) is 17.5 Å². The van der Waals surface area contributed by atoms with E-state index in [1.54, 1.807) is 6.20 Å². The van der Waals surface area contributed by atoms with Gasteiger partial charge in [0, 0.05) is 6.54 Å². The van der Waals surface area contributed by atoms with Crippen LogP contribution < -0.4 is 10.9 Å². The van der Waals surface area contributed by atoms with Gasteiger partial charge in [-0.3, -0.25) is 4.79 Å². The van der Waals surface area contributed by atoms with Gasteiger partial charge in [0.15, 0.2) is 0 Å². The van der Waals surface area contributed by atoms with Crippen LogP contribution in [0.5, 0.6) is 0 Å². The van der Waals surface area contributed by atoms with Crippen molar-refractivity contribution in [1.29, 1.82) is 0 Å². The molecule has 6 heteroatoms. The number of nitrogens with one attached hydrogen (secondary N) is 1. The van der Waals surface area contributed by atoms with Gasteiger partial charge in [0.1, 0.15) is 11.0 Å². The second kappa shape index (κ2) is 6.91. The Morgan fingerprint density at radius 2 is 2.25 bits per heavy atom. The van der Waals surface area contributed by atoms with Crippen molar-refractivity contribution in [2.75, 3.05) is 32.0 Å². The van der Waals surface area contributed by atoms with Crippen LogP contribution in [0.2, 0.25) is 0 Å². The van der Waals surface area contributed by atoms with Gasteiger partial charge >= 0.3 is 0 Å². The average molecular weight is 339 g/mol. The first-order valence-electron chi connectivity index (χ1n) is 6.73. The first-order chi connectivity index (χ1) is 9.61. The van der Waals surface area contributed by atoms with E-state index in [1.807, 2.05) is 0 Å². The van der Waals surface area contributed by atoms with E-state index in [9.17, 15) is 4.79 Å². The Labute approximate surface area is 127 Å². The van der Waals surface area contributed by atoms with Gasteiger partial charge in [-0.2, -0.15) is 5.10 Å². The van der Waals surface area contributed by atoms with E-state index < -0.39 is 0 Å². The van der Waals surface area contributed by atoms with Gasteiger partial charge in [0.2, 0.25) is 0 Å². The Morgan fingerprint density at radius 1 is 1.55 bits per heavy atom. The first-order valence-corrected chi connectivity index (χ1v) is 7.52. The zero-order valence-corrected chi connectivity index (χ0v) is 13.2. The largest absolute Gasteiger partial charge is 0.382 e. The molecular formula is C14H19BrN4O. The molecule has 1 saturated heterocycles. The predicted molar refractivity (Wildman–Crippen MR) is 83.7 cm³/mol. The Hall–Kier alpha value is -1.32. The average Bonchev–Trinajstić information content (AvgIpc) is 2.45. The van der Waals surface area contributed by atoms with Gasteiger partial charge in [0.25, 0.3) is 5.56 Å². The molecule has 2 heterocycles. The fourth-order valence-corrected chi connectivity index (χ4v) is 2.76. The number of hydrogen-bond donors (Lipinski definition) is 1. The maximum absolute atomic E-state index is 12.0. The van der Waals surface area contributed by atoms with Crippen LogP contribution >= 0.6 is 15.9 Å². The lowest BCUT2D eigenvalue weighted by Gasteiger charge is -2.29. The molecule has 1 aliphatic heterocycles. The van der Waals surface area contributed by atoms with Gasteiger partial charge < -0.3 is 10.2 Å². The van der Waals surface area contributed by atoms with Crippen LogP contribution in [0.25, 0.3) is 0 Å². The summed E-state index contributed by atoms with van der Waals surface area (Å²) in [6.07, 6.45) is 9.22. The number of rotatable bonds is 4. The lowest BCUT2D eigenvalue weighted by atomic mass is 9.97. The highest BCUT2D eigenvalue weighted by atomic mass is 79.9. The van der Waals surface area contributed by atoms with Crippen LogP contribution in [0.3, 0.4) is 0 Å². The van der Waals surface area contributed by atoms with Crippen molar-refractivity contribution in [1.82, 2.24) is 14.7 Å². The Morgan fingerprint density at radius 3 is 2.90 bits per heavy atom. The van der Waals surface area contributed by atoms with Crippen molar-refractivity contribution in [3.63, 3.8) is 0 Å². The molecule has 0 spiro atoms. The van der Waals surface area contributed by atoms with Gasteiger partial charge in [-0.15, -0.1) is 6.42 Å². The maximum atomic E-state index is 12.0. The fourth-order valence-electron chi connectivity index (χ4n) is 2.31. The molecule has 108 valence electrons. The zero-order chi connectivity index (χ0) is 14.5. The van der Waals surface area contributed by atoms with Gasteiger partial charge in [-0.1, -0.05) is 5.92 Å². The van der Waals surface area contributed by atoms with Crippen LogP contribution in [0.1, 0.15) is 12.8 Å². The molecule has 1 N–H and O–H groups in total. The van der Waals surface area contributed by atoms with Gasteiger partial charge in [-0.05, 0) is 54.8 Å². The molecule has 1 aromatic heterocycles. The van der Waals surface area contributed by atoms with E-state index >= 15 is 0 Å². The summed E-state index contributed by atoms with van der Waals surface area (Å²) in [5.41, 5.74) is 0.540. The highest BCUT2D eigenvalue weighted by Gasteiger charge is 2.17. The van der Waals surface area contributed by atoms with E-state index in [-0.39, 0.29) is 12.1 Å². The van der Waals surface area contributed by atoms with Gasteiger partial charge in [-0.25, -0.2) is 4.68 Å². The van der Waals surface area contributed by atoms with Crippen molar-refractivity contribution < 1.29 is 0 Å². The molecule has 2 rings (SSSR count). The summed E-state index contributed by atoms with van der Waals surface area (Å²) in [6.45, 7) is 3.32. The van der Waals surface area contributed by atoms with Crippen molar-refractivity contribution >= 4 is 21.6 Å². The first kappa shape index (κ1) is 15.1. The summed E-state index contributed by atoms with van der Waals surface area (Å²) in [7, 11) is 2.15. The number of aromatic nitrogens is 2. The quantitative estimate of drug-likeness (QED) is 0.843. The summed E-state index contributed by atoms with van der Waals surface area (Å²) >= 11 is 3.32. The van der Waals surface area contributed by atoms with Gasteiger partial charge in [0.05, 0.1) is 11.9 Å². The topological polar surface area (TPSA) is 50.2 Å². The molecule has 0 atom stereocenters. The maximum Gasteiger partial charge on any atom is 0.284 e. The minimum Gasteiger partial charge on any atom is -0.382 e. The summed E-state index contributed by atoms with van der Waals surface area (Å²) in [5, 5.41) is 7.38. The zero-order valence-electron chi connectivity index (χ0n) is 11.6. The molecule has 1 aromatic rings. The predicted octanol–water partition coefficient (Wildman–Crippen LogP) is 1.39. The summed E-state index contributed by atoms with van der Waals surface area (Å²) in [4.78, 5) is 14.3. The molecule has 0 saturated carbocycles. The standard InChI is InChI=1S/C14H19BrN4O/c1-3-6-19-14(20)13(15)12(10-17-19)16-9-11-4-7-18(2)8-5-11/h1,10-11,16H,4-9H2,2H3. The molecule has 0 amide bonds. The lowest BCUT2D eigenvalue weighted by Crippen LogP contribution is -2.33. The molecule has 0 unspecified atom stereocenters. The molecule has 20 heavy (non-hydrogen) atoms. The van der Waals surface area contributed by atoms with Crippen LogP contribution in [0.15, 0.2) is 15.5 Å². The molecule has 0 radical (unpaired) electrons. The smallest absolute Gasteiger partial charge is 0.284 e. The number of halogens is 1. The van der Waals surface area contributed by atoms with Crippen LogP contribution in [0.4, 0.5) is 5.69 Å². The normalized spacial score (nSPS) is 16.9. The minimum absolute atomic E-state index is 0.187. The molecule has 5 nitrogen and oxygen atoms in total. The number of terminal acetylenes is 1. The minimum atomic E-state index is -0.198. The number of likely N-dealkylation sites (tertiary alicyclic amines) is 1. The third-order valence-corrected chi connectivity index (χ3v) is 4.41. The number of anilines is 1.